The molecule has 3 aromatic rings. The van der Waals surface area contributed by atoms with Crippen molar-refractivity contribution >= 4 is 0 Å². The summed E-state index contributed by atoms with van der Waals surface area (Å²) in [6, 6.07) is 23.6. The smallest absolute Gasteiger partial charge is 0.119 e. The quantitative estimate of drug-likeness (QED) is 0.0547. The standard InChI is InChI=1S/C57H92O7/c1-3-5-7-9-11-13-14-15-16-17-18-19-20-21-22-23-25-27-29-41-64-56-37-32-51(33-38-56)57-39-34-52(46-53(57)48-61-44-42-60-43-45-62-49-54(59)47-58)50-30-35-55(36-31-50)63-40-28-26-24-12-10-8-6-4-2/h30-39,46,54,58-59H,3-29,40-45,47-49H2,1-2H3. The van der Waals surface area contributed by atoms with Gasteiger partial charge in [-0.05, 0) is 71.0 Å². The van der Waals surface area contributed by atoms with Crippen LogP contribution < -0.4 is 9.47 Å². The topological polar surface area (TPSA) is 86.6 Å². The van der Waals surface area contributed by atoms with Gasteiger partial charge >= 0.3 is 0 Å². The number of hydrogen-bond acceptors (Lipinski definition) is 7. The molecule has 362 valence electrons. The van der Waals surface area contributed by atoms with Gasteiger partial charge in [0.25, 0.3) is 0 Å². The van der Waals surface area contributed by atoms with Gasteiger partial charge in [-0.3, -0.25) is 0 Å². The zero-order valence-corrected chi connectivity index (χ0v) is 40.8. The molecule has 0 fully saturated rings. The first-order valence-electron chi connectivity index (χ1n) is 26.3. The molecule has 1 atom stereocenters. The van der Waals surface area contributed by atoms with Gasteiger partial charge in [-0.15, -0.1) is 0 Å². The van der Waals surface area contributed by atoms with Crippen LogP contribution in [0.25, 0.3) is 22.3 Å². The van der Waals surface area contributed by atoms with E-state index in [2.05, 4.69) is 80.6 Å². The second-order valence-electron chi connectivity index (χ2n) is 18.0. The van der Waals surface area contributed by atoms with Crippen LogP contribution >= 0.6 is 0 Å². The van der Waals surface area contributed by atoms with E-state index < -0.39 is 6.10 Å². The molecule has 0 aromatic heterocycles. The van der Waals surface area contributed by atoms with Gasteiger partial charge in [-0.25, -0.2) is 0 Å². The fraction of sp³-hybridized carbons (Fsp3) is 0.684. The van der Waals surface area contributed by atoms with E-state index in [1.165, 1.54) is 161 Å². The van der Waals surface area contributed by atoms with Crippen LogP contribution in [0.15, 0.2) is 66.7 Å². The van der Waals surface area contributed by atoms with Crippen molar-refractivity contribution in [3.63, 3.8) is 0 Å². The minimum absolute atomic E-state index is 0.0945. The maximum absolute atomic E-state index is 9.42. The third-order valence-electron chi connectivity index (χ3n) is 12.3. The summed E-state index contributed by atoms with van der Waals surface area (Å²) in [6.07, 6.45) is 35.8. The Morgan fingerprint density at radius 2 is 0.766 bits per heavy atom. The van der Waals surface area contributed by atoms with E-state index >= 15 is 0 Å². The van der Waals surface area contributed by atoms with E-state index in [-0.39, 0.29) is 13.2 Å². The Morgan fingerprint density at radius 3 is 1.20 bits per heavy atom. The molecule has 7 heteroatoms. The molecule has 0 radical (unpaired) electrons. The van der Waals surface area contributed by atoms with Crippen LogP contribution in [0, 0.1) is 0 Å². The highest BCUT2D eigenvalue weighted by Crippen LogP contribution is 2.32. The third-order valence-corrected chi connectivity index (χ3v) is 12.3. The van der Waals surface area contributed by atoms with Gasteiger partial charge in [-0.1, -0.05) is 211 Å². The Hall–Kier alpha value is -2.94. The Kier molecular flexibility index (Phi) is 34.0. The minimum Gasteiger partial charge on any atom is -0.494 e. The summed E-state index contributed by atoms with van der Waals surface area (Å²) in [6.45, 7) is 7.94. The molecule has 1 unspecified atom stereocenters. The number of benzene rings is 3. The van der Waals surface area contributed by atoms with Gasteiger partial charge in [0, 0.05) is 0 Å². The molecule has 64 heavy (non-hydrogen) atoms. The van der Waals surface area contributed by atoms with Crippen molar-refractivity contribution in [3.8, 4) is 33.8 Å². The molecule has 0 saturated carbocycles. The lowest BCUT2D eigenvalue weighted by molar-refractivity contribution is -0.0239. The highest BCUT2D eigenvalue weighted by atomic mass is 16.5. The average molecular weight is 889 g/mol. The molecule has 0 aliphatic carbocycles. The largest absolute Gasteiger partial charge is 0.494 e. The van der Waals surface area contributed by atoms with Gasteiger partial charge in [0.1, 0.15) is 17.6 Å². The van der Waals surface area contributed by atoms with Crippen molar-refractivity contribution in [2.24, 2.45) is 0 Å². The van der Waals surface area contributed by atoms with Crippen LogP contribution in [0.1, 0.15) is 193 Å². The van der Waals surface area contributed by atoms with E-state index in [9.17, 15) is 5.11 Å². The third kappa shape index (κ3) is 27.5. The Bertz CT molecular complexity index is 1480. The first-order chi connectivity index (χ1) is 31.6. The monoisotopic (exact) mass is 889 g/mol. The highest BCUT2D eigenvalue weighted by Gasteiger charge is 2.10. The van der Waals surface area contributed by atoms with Crippen molar-refractivity contribution in [1.29, 1.82) is 0 Å². The zero-order valence-electron chi connectivity index (χ0n) is 40.8. The molecule has 0 aliphatic heterocycles. The Morgan fingerprint density at radius 1 is 0.391 bits per heavy atom. The first-order valence-corrected chi connectivity index (χ1v) is 26.3. The summed E-state index contributed by atoms with van der Waals surface area (Å²) in [5.74, 6) is 1.83. The van der Waals surface area contributed by atoms with Gasteiger partial charge in [0.05, 0.1) is 59.5 Å². The Labute approximate surface area is 391 Å². The summed E-state index contributed by atoms with van der Waals surface area (Å²) >= 11 is 0. The first kappa shape index (κ1) is 55.4. The minimum atomic E-state index is -0.860. The SMILES string of the molecule is CCCCCCCCCCCCCCCCCCCCCOc1ccc(-c2ccc(-c3ccc(OCCCCCCCCCC)cc3)cc2COCCOCCOCC(O)CO)cc1. The van der Waals surface area contributed by atoms with Crippen LogP contribution in [0.2, 0.25) is 0 Å². The predicted octanol–water partition coefficient (Wildman–Crippen LogP) is 15.3. The van der Waals surface area contributed by atoms with E-state index in [0.717, 1.165) is 65.4 Å². The molecule has 0 heterocycles. The van der Waals surface area contributed by atoms with E-state index in [1.54, 1.807) is 0 Å². The maximum atomic E-state index is 9.42. The van der Waals surface area contributed by atoms with Crippen molar-refractivity contribution in [2.75, 3.05) is 52.9 Å². The molecule has 2 N–H and O–H groups in total. The molecule has 0 bridgehead atoms. The molecule has 0 spiro atoms. The second-order valence-corrected chi connectivity index (χ2v) is 18.0. The number of aliphatic hydroxyl groups is 2. The molecule has 3 rings (SSSR count). The lowest BCUT2D eigenvalue weighted by Gasteiger charge is -2.15. The van der Waals surface area contributed by atoms with E-state index in [1.807, 2.05) is 0 Å². The second kappa shape index (κ2) is 39.2. The summed E-state index contributed by atoms with van der Waals surface area (Å²) in [5.41, 5.74) is 5.65. The summed E-state index contributed by atoms with van der Waals surface area (Å²) in [4.78, 5) is 0. The van der Waals surface area contributed by atoms with Gasteiger partial charge < -0.3 is 33.9 Å². The fourth-order valence-electron chi connectivity index (χ4n) is 8.24. The van der Waals surface area contributed by atoms with Gasteiger partial charge in [-0.2, -0.15) is 0 Å². The lowest BCUT2D eigenvalue weighted by Crippen LogP contribution is -2.21. The van der Waals surface area contributed by atoms with Crippen molar-refractivity contribution in [1.82, 2.24) is 0 Å². The van der Waals surface area contributed by atoms with Crippen molar-refractivity contribution in [3.05, 3.63) is 72.3 Å². The van der Waals surface area contributed by atoms with Crippen molar-refractivity contribution in [2.45, 2.75) is 200 Å². The van der Waals surface area contributed by atoms with E-state index in [0.29, 0.717) is 33.0 Å². The fourth-order valence-corrected chi connectivity index (χ4v) is 8.24. The molecular formula is C57H92O7. The molecule has 0 amide bonds. The van der Waals surface area contributed by atoms with Crippen LogP contribution in [0.5, 0.6) is 11.5 Å². The van der Waals surface area contributed by atoms with E-state index in [4.69, 9.17) is 28.8 Å². The summed E-state index contributed by atoms with van der Waals surface area (Å²) in [7, 11) is 0. The van der Waals surface area contributed by atoms with Crippen LogP contribution in [0.4, 0.5) is 0 Å². The molecule has 0 aliphatic rings. The molecule has 0 saturated heterocycles. The molecule has 3 aromatic carbocycles. The number of rotatable bonds is 44. The number of aliphatic hydroxyl groups excluding tert-OH is 2. The van der Waals surface area contributed by atoms with Crippen LogP contribution in [0.3, 0.4) is 0 Å². The number of hydrogen-bond donors (Lipinski definition) is 2. The predicted molar refractivity (Wildman–Crippen MR) is 269 cm³/mol. The van der Waals surface area contributed by atoms with Crippen LogP contribution in [-0.4, -0.2) is 69.2 Å². The summed E-state index contributed by atoms with van der Waals surface area (Å²) in [5, 5.41) is 18.4. The van der Waals surface area contributed by atoms with Crippen molar-refractivity contribution < 1.29 is 33.9 Å². The molecular weight excluding hydrogens is 797 g/mol. The molecule has 7 nitrogen and oxygen atoms in total. The number of ether oxygens (including phenoxy) is 5. The summed E-state index contributed by atoms with van der Waals surface area (Å²) < 4.78 is 29.4. The number of unbranched alkanes of at least 4 members (excludes halogenated alkanes) is 25. The zero-order chi connectivity index (χ0) is 45.4. The highest BCUT2D eigenvalue weighted by molar-refractivity contribution is 5.74. The van der Waals surface area contributed by atoms with Gasteiger partial charge in [0.15, 0.2) is 0 Å². The lowest BCUT2D eigenvalue weighted by atomic mass is 9.95. The van der Waals surface area contributed by atoms with Gasteiger partial charge in [0.2, 0.25) is 0 Å². The normalized spacial score (nSPS) is 11.9. The van der Waals surface area contributed by atoms with Crippen LogP contribution in [-0.2, 0) is 20.8 Å². The Balaban J connectivity index is 1.38. The average Bonchev–Trinajstić information content (AvgIpc) is 3.32. The maximum Gasteiger partial charge on any atom is 0.119 e.